The van der Waals surface area contributed by atoms with Crippen LogP contribution in [-0.2, 0) is 5.41 Å². The van der Waals surface area contributed by atoms with Gasteiger partial charge in [-0.25, -0.2) is 4.39 Å². The molecule has 16 heavy (non-hydrogen) atoms. The number of pyridine rings is 1. The maximum atomic E-state index is 13.2. The minimum atomic E-state index is -0.323. The summed E-state index contributed by atoms with van der Waals surface area (Å²) in [7, 11) is 0. The van der Waals surface area contributed by atoms with Gasteiger partial charge in [0, 0.05) is 18.2 Å². The summed E-state index contributed by atoms with van der Waals surface area (Å²) in [5, 5.41) is 9.51. The minimum Gasteiger partial charge on any atom is -0.393 e. The molecule has 0 radical (unpaired) electrons. The third kappa shape index (κ3) is 2.08. The fourth-order valence-corrected chi connectivity index (χ4v) is 2.47. The number of hydrogen-bond donors (Lipinski definition) is 2. The van der Waals surface area contributed by atoms with Crippen LogP contribution in [-0.4, -0.2) is 22.7 Å². The quantitative estimate of drug-likeness (QED) is 0.797. The lowest BCUT2D eigenvalue weighted by atomic mass is 9.69. The highest BCUT2D eigenvalue weighted by Gasteiger charge is 2.35. The van der Waals surface area contributed by atoms with Gasteiger partial charge in [0.1, 0.15) is 5.82 Å². The molecule has 1 aliphatic carbocycles. The molecule has 1 aromatic rings. The molecular formula is C12H17FN2O. The van der Waals surface area contributed by atoms with Crippen LogP contribution in [0.1, 0.15) is 31.2 Å². The van der Waals surface area contributed by atoms with E-state index in [-0.39, 0.29) is 17.3 Å². The van der Waals surface area contributed by atoms with Gasteiger partial charge >= 0.3 is 0 Å². The maximum absolute atomic E-state index is 13.2. The Morgan fingerprint density at radius 3 is 2.69 bits per heavy atom. The molecule has 0 atom stereocenters. The lowest BCUT2D eigenvalue weighted by Crippen LogP contribution is -2.40. The Bertz CT molecular complexity index is 362. The van der Waals surface area contributed by atoms with E-state index in [2.05, 4.69) is 4.98 Å². The third-order valence-electron chi connectivity index (χ3n) is 3.62. The molecule has 0 aliphatic heterocycles. The Morgan fingerprint density at radius 1 is 1.44 bits per heavy atom. The summed E-state index contributed by atoms with van der Waals surface area (Å²) >= 11 is 0. The van der Waals surface area contributed by atoms with Crippen LogP contribution < -0.4 is 5.73 Å². The molecule has 0 amide bonds. The van der Waals surface area contributed by atoms with Gasteiger partial charge in [-0.15, -0.1) is 0 Å². The van der Waals surface area contributed by atoms with Crippen molar-refractivity contribution >= 4 is 0 Å². The highest BCUT2D eigenvalue weighted by molar-refractivity contribution is 5.24. The van der Waals surface area contributed by atoms with Gasteiger partial charge in [-0.3, -0.25) is 4.98 Å². The van der Waals surface area contributed by atoms with Crippen molar-refractivity contribution in [2.24, 2.45) is 5.73 Å². The van der Waals surface area contributed by atoms with Gasteiger partial charge in [-0.1, -0.05) is 0 Å². The molecule has 1 saturated carbocycles. The van der Waals surface area contributed by atoms with Gasteiger partial charge in [0.2, 0.25) is 0 Å². The highest BCUT2D eigenvalue weighted by Crippen LogP contribution is 2.38. The van der Waals surface area contributed by atoms with E-state index in [1.807, 2.05) is 0 Å². The Labute approximate surface area is 94.5 Å². The number of aromatic nitrogens is 1. The second-order valence-electron chi connectivity index (χ2n) is 4.61. The van der Waals surface area contributed by atoms with E-state index in [1.54, 1.807) is 6.20 Å². The molecule has 0 spiro atoms. The molecule has 0 bridgehead atoms. The predicted molar refractivity (Wildman–Crippen MR) is 59.4 cm³/mol. The monoisotopic (exact) mass is 224 g/mol. The molecule has 2 rings (SSSR count). The van der Waals surface area contributed by atoms with Crippen molar-refractivity contribution < 1.29 is 9.50 Å². The second kappa shape index (κ2) is 4.47. The largest absolute Gasteiger partial charge is 0.393 e. The average molecular weight is 224 g/mol. The van der Waals surface area contributed by atoms with Crippen molar-refractivity contribution in [2.45, 2.75) is 37.2 Å². The lowest BCUT2D eigenvalue weighted by Gasteiger charge is -2.38. The molecule has 0 saturated heterocycles. The fourth-order valence-electron chi connectivity index (χ4n) is 2.47. The zero-order valence-electron chi connectivity index (χ0n) is 9.19. The first-order chi connectivity index (χ1) is 7.66. The van der Waals surface area contributed by atoms with Crippen molar-refractivity contribution in [1.29, 1.82) is 0 Å². The first-order valence-electron chi connectivity index (χ1n) is 5.65. The summed E-state index contributed by atoms with van der Waals surface area (Å²) in [5.41, 5.74) is 6.50. The number of nitrogens with two attached hydrogens (primary N) is 1. The first-order valence-corrected chi connectivity index (χ1v) is 5.65. The molecule has 0 aromatic carbocycles. The molecule has 4 heteroatoms. The van der Waals surface area contributed by atoms with Gasteiger partial charge in [0.25, 0.3) is 0 Å². The number of aliphatic hydroxyl groups is 1. The van der Waals surface area contributed by atoms with Gasteiger partial charge in [0.05, 0.1) is 12.3 Å². The minimum absolute atomic E-state index is 0.200. The van der Waals surface area contributed by atoms with Crippen LogP contribution >= 0.6 is 0 Å². The molecule has 0 unspecified atom stereocenters. The molecule has 1 aliphatic rings. The highest BCUT2D eigenvalue weighted by atomic mass is 19.1. The summed E-state index contributed by atoms with van der Waals surface area (Å²) < 4.78 is 13.2. The molecule has 1 aromatic heterocycles. The van der Waals surface area contributed by atoms with Crippen LogP contribution in [0, 0.1) is 5.82 Å². The Kier molecular flexibility index (Phi) is 3.21. The van der Waals surface area contributed by atoms with Gasteiger partial charge < -0.3 is 10.8 Å². The van der Waals surface area contributed by atoms with E-state index in [1.165, 1.54) is 12.3 Å². The second-order valence-corrected chi connectivity index (χ2v) is 4.61. The zero-order valence-corrected chi connectivity index (χ0v) is 9.19. The topological polar surface area (TPSA) is 59.1 Å². The van der Waals surface area contributed by atoms with Crippen molar-refractivity contribution in [2.75, 3.05) is 6.54 Å². The zero-order chi connectivity index (χ0) is 11.6. The number of rotatable bonds is 2. The molecular weight excluding hydrogens is 207 g/mol. The molecule has 88 valence electrons. The Balaban J connectivity index is 2.28. The Morgan fingerprint density at radius 2 is 2.12 bits per heavy atom. The summed E-state index contributed by atoms with van der Waals surface area (Å²) in [4.78, 5) is 3.88. The van der Waals surface area contributed by atoms with Crippen molar-refractivity contribution in [3.63, 3.8) is 0 Å². The van der Waals surface area contributed by atoms with Crippen LogP contribution in [0.3, 0.4) is 0 Å². The number of hydrogen-bond acceptors (Lipinski definition) is 3. The van der Waals surface area contributed by atoms with E-state index in [0.29, 0.717) is 6.54 Å². The normalized spacial score (nSPS) is 30.3. The van der Waals surface area contributed by atoms with Crippen LogP contribution in [0.15, 0.2) is 18.5 Å². The summed E-state index contributed by atoms with van der Waals surface area (Å²) in [6, 6.07) is 1.51. The summed E-state index contributed by atoms with van der Waals surface area (Å²) in [5.74, 6) is -0.323. The summed E-state index contributed by atoms with van der Waals surface area (Å²) in [6.45, 7) is 0.477. The maximum Gasteiger partial charge on any atom is 0.141 e. The molecule has 3 N–H and O–H groups in total. The smallest absolute Gasteiger partial charge is 0.141 e. The number of nitrogens with zero attached hydrogens (tertiary/aromatic N) is 1. The van der Waals surface area contributed by atoms with E-state index in [9.17, 15) is 9.50 Å². The number of aliphatic hydroxyl groups excluding tert-OH is 1. The average Bonchev–Trinajstić information content (AvgIpc) is 2.31. The number of halogens is 1. The third-order valence-corrected chi connectivity index (χ3v) is 3.62. The first kappa shape index (κ1) is 11.5. The van der Waals surface area contributed by atoms with Crippen molar-refractivity contribution in [3.05, 3.63) is 29.8 Å². The van der Waals surface area contributed by atoms with Crippen LogP contribution in [0.4, 0.5) is 4.39 Å². The van der Waals surface area contributed by atoms with E-state index < -0.39 is 0 Å². The SMILES string of the molecule is NCC1(c2cncc(F)c2)CCC(O)CC1. The van der Waals surface area contributed by atoms with Gasteiger partial charge in [-0.05, 0) is 37.3 Å². The van der Waals surface area contributed by atoms with Crippen molar-refractivity contribution in [1.82, 2.24) is 4.98 Å². The van der Waals surface area contributed by atoms with Crippen LogP contribution in [0.25, 0.3) is 0 Å². The summed E-state index contributed by atoms with van der Waals surface area (Å²) in [6.07, 6.45) is 5.72. The standard InChI is InChI=1S/C12H17FN2O/c13-10-5-9(6-15-7-10)12(8-14)3-1-11(16)2-4-12/h5-7,11,16H,1-4,8,14H2. The van der Waals surface area contributed by atoms with Crippen LogP contribution in [0.5, 0.6) is 0 Å². The van der Waals surface area contributed by atoms with Gasteiger partial charge in [-0.2, -0.15) is 0 Å². The molecule has 1 fully saturated rings. The predicted octanol–water partition coefficient (Wildman–Crippen LogP) is 1.35. The van der Waals surface area contributed by atoms with Crippen LogP contribution in [0.2, 0.25) is 0 Å². The molecule has 3 nitrogen and oxygen atoms in total. The van der Waals surface area contributed by atoms with E-state index >= 15 is 0 Å². The van der Waals surface area contributed by atoms with Gasteiger partial charge in [0.15, 0.2) is 0 Å². The Hall–Kier alpha value is -1.00. The lowest BCUT2D eigenvalue weighted by molar-refractivity contribution is 0.0972. The molecule has 1 heterocycles. The van der Waals surface area contributed by atoms with E-state index in [0.717, 1.165) is 31.2 Å². The van der Waals surface area contributed by atoms with Crippen molar-refractivity contribution in [3.8, 4) is 0 Å². The fraction of sp³-hybridized carbons (Fsp3) is 0.583. The van der Waals surface area contributed by atoms with E-state index in [4.69, 9.17) is 5.73 Å².